The largest absolute Gasteiger partial charge is 0.508 e. The van der Waals surface area contributed by atoms with E-state index in [1.165, 1.54) is 6.07 Å². The van der Waals surface area contributed by atoms with Crippen LogP contribution >= 0.6 is 23.2 Å². The van der Waals surface area contributed by atoms with Crippen LogP contribution in [-0.4, -0.2) is 65.5 Å². The number of rotatable bonds is 5. The van der Waals surface area contributed by atoms with Gasteiger partial charge in [-0.25, -0.2) is 0 Å². The van der Waals surface area contributed by atoms with Crippen molar-refractivity contribution >= 4 is 35.0 Å². The first-order valence-corrected chi connectivity index (χ1v) is 11.7. The van der Waals surface area contributed by atoms with E-state index in [1.54, 1.807) is 18.2 Å². The van der Waals surface area contributed by atoms with Crippen molar-refractivity contribution in [1.82, 2.24) is 15.1 Å². The molecule has 2 aromatic rings. The number of para-hydroxylation sites is 1. The summed E-state index contributed by atoms with van der Waals surface area (Å²) in [6.07, 6.45) is 2.94. The molecule has 170 valence electrons. The Morgan fingerprint density at radius 2 is 1.75 bits per heavy atom. The van der Waals surface area contributed by atoms with E-state index in [1.807, 2.05) is 23.1 Å². The second-order valence-electron chi connectivity index (χ2n) is 8.46. The van der Waals surface area contributed by atoms with E-state index < -0.39 is 0 Å². The molecule has 4 rings (SSSR count). The van der Waals surface area contributed by atoms with E-state index in [4.69, 9.17) is 23.2 Å². The zero-order chi connectivity index (χ0) is 22.7. The zero-order valence-electron chi connectivity index (χ0n) is 17.8. The van der Waals surface area contributed by atoms with Crippen LogP contribution in [0, 0.1) is 0 Å². The van der Waals surface area contributed by atoms with Crippen molar-refractivity contribution in [3.63, 3.8) is 0 Å². The van der Waals surface area contributed by atoms with Gasteiger partial charge in [-0.2, -0.15) is 0 Å². The molecule has 0 saturated carbocycles. The SMILES string of the molecule is O=C(NCC(=O)N1CC[C@@H](N2CCC(c3ccccc3O)CC2)C1)c1ccc(Cl)c(Cl)c1. The Bertz CT molecular complexity index is 992. The van der Waals surface area contributed by atoms with Crippen LogP contribution in [0.3, 0.4) is 0 Å². The number of nitrogens with zero attached hydrogens (tertiary/aromatic N) is 2. The van der Waals surface area contributed by atoms with Gasteiger partial charge in [-0.1, -0.05) is 41.4 Å². The van der Waals surface area contributed by atoms with Gasteiger partial charge in [-0.05, 0) is 68.1 Å². The predicted octanol–water partition coefficient (Wildman–Crippen LogP) is 3.91. The van der Waals surface area contributed by atoms with E-state index in [0.29, 0.717) is 46.4 Å². The summed E-state index contributed by atoms with van der Waals surface area (Å²) < 4.78 is 0. The number of hydrogen-bond donors (Lipinski definition) is 2. The molecule has 2 saturated heterocycles. The monoisotopic (exact) mass is 475 g/mol. The van der Waals surface area contributed by atoms with Crippen molar-refractivity contribution < 1.29 is 14.7 Å². The molecule has 0 bridgehead atoms. The third kappa shape index (κ3) is 5.20. The molecule has 6 nitrogen and oxygen atoms in total. The molecule has 0 spiro atoms. The molecule has 2 fully saturated rings. The van der Waals surface area contributed by atoms with E-state index in [0.717, 1.165) is 37.9 Å². The number of phenols is 1. The minimum absolute atomic E-state index is 0.0405. The molecule has 2 N–H and O–H groups in total. The topological polar surface area (TPSA) is 72.9 Å². The van der Waals surface area contributed by atoms with Gasteiger partial charge in [0, 0.05) is 24.7 Å². The maximum atomic E-state index is 12.6. The standard InChI is InChI=1S/C24H27Cl2N3O3/c25-20-6-5-17(13-21(20)26)24(32)27-14-23(31)29-12-9-18(15-29)28-10-7-16(8-11-28)19-3-1-2-4-22(19)30/h1-6,13,16,18,30H,7-12,14-15H2,(H,27,32)/t18-/m1/s1. The molecule has 2 aromatic carbocycles. The molecule has 0 aromatic heterocycles. The van der Waals surface area contributed by atoms with Gasteiger partial charge in [0.1, 0.15) is 5.75 Å². The minimum Gasteiger partial charge on any atom is -0.508 e. The Morgan fingerprint density at radius 3 is 2.47 bits per heavy atom. The molecule has 32 heavy (non-hydrogen) atoms. The lowest BCUT2D eigenvalue weighted by Crippen LogP contribution is -2.44. The average Bonchev–Trinajstić information content (AvgIpc) is 3.30. The maximum absolute atomic E-state index is 12.6. The highest BCUT2D eigenvalue weighted by Gasteiger charge is 2.33. The Hall–Kier alpha value is -2.28. The molecule has 0 aliphatic carbocycles. The van der Waals surface area contributed by atoms with Crippen LogP contribution in [0.15, 0.2) is 42.5 Å². The number of nitrogens with one attached hydrogen (secondary N) is 1. The molecule has 8 heteroatoms. The summed E-state index contributed by atoms with van der Waals surface area (Å²) in [4.78, 5) is 29.2. The van der Waals surface area contributed by atoms with Crippen LogP contribution < -0.4 is 5.32 Å². The maximum Gasteiger partial charge on any atom is 0.251 e. The summed E-state index contributed by atoms with van der Waals surface area (Å²) in [5, 5.41) is 13.5. The van der Waals surface area contributed by atoms with Crippen molar-refractivity contribution in [3.05, 3.63) is 63.6 Å². The Labute approximate surface area is 198 Å². The second-order valence-corrected chi connectivity index (χ2v) is 9.28. The number of benzene rings is 2. The Kier molecular flexibility index (Phi) is 7.23. The van der Waals surface area contributed by atoms with Crippen LogP contribution in [0.5, 0.6) is 5.75 Å². The lowest BCUT2D eigenvalue weighted by atomic mass is 9.88. The number of aromatic hydroxyl groups is 1. The first-order chi connectivity index (χ1) is 15.4. The van der Waals surface area contributed by atoms with Gasteiger partial charge in [-0.3, -0.25) is 14.5 Å². The number of piperidine rings is 1. The van der Waals surface area contributed by atoms with Crippen LogP contribution in [0.1, 0.15) is 41.1 Å². The summed E-state index contributed by atoms with van der Waals surface area (Å²) in [5.74, 6) is 0.332. The van der Waals surface area contributed by atoms with Crippen molar-refractivity contribution in [2.24, 2.45) is 0 Å². The van der Waals surface area contributed by atoms with Crippen molar-refractivity contribution in [2.75, 3.05) is 32.7 Å². The van der Waals surface area contributed by atoms with Crippen molar-refractivity contribution in [3.8, 4) is 5.75 Å². The highest BCUT2D eigenvalue weighted by molar-refractivity contribution is 6.42. The summed E-state index contributed by atoms with van der Waals surface area (Å²) in [6.45, 7) is 3.26. The summed E-state index contributed by atoms with van der Waals surface area (Å²) in [5.41, 5.74) is 1.41. The average molecular weight is 476 g/mol. The fourth-order valence-electron chi connectivity index (χ4n) is 4.68. The highest BCUT2D eigenvalue weighted by Crippen LogP contribution is 2.34. The molecule has 2 amide bonds. The molecular weight excluding hydrogens is 449 g/mol. The molecular formula is C24H27Cl2N3O3. The Morgan fingerprint density at radius 1 is 1.00 bits per heavy atom. The van der Waals surface area contributed by atoms with E-state index in [9.17, 15) is 14.7 Å². The molecule has 1 atom stereocenters. The van der Waals surface area contributed by atoms with Crippen LogP contribution in [0.25, 0.3) is 0 Å². The number of amides is 2. The number of carbonyl (C=O) groups is 2. The van der Waals surface area contributed by atoms with Crippen LogP contribution in [0.2, 0.25) is 10.0 Å². The second kappa shape index (κ2) is 10.1. The number of halogens is 2. The third-order valence-corrected chi connectivity index (χ3v) is 7.26. The third-order valence-electron chi connectivity index (χ3n) is 6.52. The van der Waals surface area contributed by atoms with Crippen molar-refractivity contribution in [2.45, 2.75) is 31.2 Å². The van der Waals surface area contributed by atoms with E-state index >= 15 is 0 Å². The molecule has 2 aliphatic heterocycles. The fraction of sp³-hybridized carbons (Fsp3) is 0.417. The lowest BCUT2D eigenvalue weighted by molar-refractivity contribution is -0.129. The molecule has 2 aliphatic rings. The van der Waals surface area contributed by atoms with Gasteiger partial charge >= 0.3 is 0 Å². The Balaban J connectivity index is 1.24. The number of carbonyl (C=O) groups excluding carboxylic acids is 2. The normalized spacial score (nSPS) is 19.8. The van der Waals surface area contributed by atoms with Gasteiger partial charge < -0.3 is 15.3 Å². The number of phenolic OH excluding ortho intramolecular Hbond substituents is 1. The van der Waals surface area contributed by atoms with Crippen molar-refractivity contribution in [1.29, 1.82) is 0 Å². The highest BCUT2D eigenvalue weighted by atomic mass is 35.5. The van der Waals surface area contributed by atoms with Gasteiger partial charge in [0.05, 0.1) is 16.6 Å². The summed E-state index contributed by atoms with van der Waals surface area (Å²) in [6, 6.07) is 12.6. The predicted molar refractivity (Wildman–Crippen MR) is 125 cm³/mol. The van der Waals surface area contributed by atoms with Gasteiger partial charge in [-0.15, -0.1) is 0 Å². The quantitative estimate of drug-likeness (QED) is 0.687. The summed E-state index contributed by atoms with van der Waals surface area (Å²) >= 11 is 11.8. The summed E-state index contributed by atoms with van der Waals surface area (Å²) in [7, 11) is 0. The fourth-order valence-corrected chi connectivity index (χ4v) is 4.98. The first-order valence-electron chi connectivity index (χ1n) is 11.0. The van der Waals surface area contributed by atoms with E-state index in [2.05, 4.69) is 10.2 Å². The molecule has 0 unspecified atom stereocenters. The number of hydrogen-bond acceptors (Lipinski definition) is 4. The van der Waals surface area contributed by atoms with E-state index in [-0.39, 0.29) is 18.4 Å². The number of likely N-dealkylation sites (tertiary alicyclic amines) is 2. The molecule has 0 radical (unpaired) electrons. The van der Waals surface area contributed by atoms with Gasteiger partial charge in [0.25, 0.3) is 5.91 Å². The lowest BCUT2D eigenvalue weighted by Gasteiger charge is -2.36. The minimum atomic E-state index is -0.348. The van der Waals surface area contributed by atoms with Crippen LogP contribution in [-0.2, 0) is 4.79 Å². The van der Waals surface area contributed by atoms with Crippen LogP contribution in [0.4, 0.5) is 0 Å². The molecule has 2 heterocycles. The first kappa shape index (κ1) is 22.9. The zero-order valence-corrected chi connectivity index (χ0v) is 19.3. The smallest absolute Gasteiger partial charge is 0.251 e. The van der Waals surface area contributed by atoms with Gasteiger partial charge in [0.15, 0.2) is 0 Å². The van der Waals surface area contributed by atoms with Gasteiger partial charge in [0.2, 0.25) is 5.91 Å².